The van der Waals surface area contributed by atoms with Crippen molar-refractivity contribution >= 4 is 12.2 Å². The van der Waals surface area contributed by atoms with Crippen molar-refractivity contribution < 1.29 is 4.74 Å². The van der Waals surface area contributed by atoms with Crippen molar-refractivity contribution in [3.8, 4) is 0 Å². The molecule has 2 aliphatic rings. The molecule has 1 saturated heterocycles. The van der Waals surface area contributed by atoms with Crippen molar-refractivity contribution in [1.29, 1.82) is 0 Å². The molecule has 1 fully saturated rings. The van der Waals surface area contributed by atoms with Crippen LogP contribution in [0.3, 0.4) is 0 Å². The van der Waals surface area contributed by atoms with Crippen molar-refractivity contribution in [2.75, 3.05) is 6.61 Å². The Labute approximate surface area is 107 Å². The first kappa shape index (κ1) is 11.4. The van der Waals surface area contributed by atoms with Crippen molar-refractivity contribution in [2.45, 2.75) is 51.0 Å². The second-order valence-corrected chi connectivity index (χ2v) is 5.62. The number of H-pyrrole nitrogens is 1. The summed E-state index contributed by atoms with van der Waals surface area (Å²) in [6, 6.07) is 0. The van der Waals surface area contributed by atoms with Crippen LogP contribution in [0.2, 0.25) is 0 Å². The number of hydrogen-bond acceptors (Lipinski definition) is 3. The summed E-state index contributed by atoms with van der Waals surface area (Å²) >= 11 is 5.42. The van der Waals surface area contributed by atoms with E-state index >= 15 is 0 Å². The van der Waals surface area contributed by atoms with E-state index in [2.05, 4.69) is 16.9 Å². The predicted molar refractivity (Wildman–Crippen MR) is 68.6 cm³/mol. The van der Waals surface area contributed by atoms with Gasteiger partial charge in [0.2, 0.25) is 0 Å². The number of aromatic amines is 1. The molecule has 0 amide bonds. The zero-order valence-electron chi connectivity index (χ0n) is 10.2. The molecule has 0 saturated carbocycles. The lowest BCUT2D eigenvalue weighted by molar-refractivity contribution is 0.00898. The molecular formula is C13H18N2OS. The maximum absolute atomic E-state index is 5.83. The number of rotatable bonds is 1. The molecule has 2 heterocycles. The lowest BCUT2D eigenvalue weighted by atomic mass is 9.96. The summed E-state index contributed by atoms with van der Waals surface area (Å²) in [4.78, 5) is 8.06. The summed E-state index contributed by atoms with van der Waals surface area (Å²) < 4.78 is 6.62. The number of fused-ring (bicyclic) bond motifs is 1. The highest BCUT2D eigenvalue weighted by atomic mass is 32.1. The summed E-state index contributed by atoms with van der Waals surface area (Å²) in [5, 5.41) is 0. The van der Waals surface area contributed by atoms with Gasteiger partial charge in [-0.2, -0.15) is 0 Å². The lowest BCUT2D eigenvalue weighted by Crippen LogP contribution is -2.25. The van der Waals surface area contributed by atoms with Crippen LogP contribution in [0.15, 0.2) is 0 Å². The van der Waals surface area contributed by atoms with E-state index in [1.165, 1.54) is 24.1 Å². The standard InChI is InChI=1S/C13H18N2OS/c1-13(7-4-8-16-13)12-14-10-6-3-2-5-9(10)11(17)15-12/h2-8H2,1H3,(H,14,15,17). The van der Waals surface area contributed by atoms with Gasteiger partial charge in [-0.15, -0.1) is 0 Å². The maximum Gasteiger partial charge on any atom is 0.140 e. The van der Waals surface area contributed by atoms with Crippen molar-refractivity contribution in [3.63, 3.8) is 0 Å². The van der Waals surface area contributed by atoms with Crippen LogP contribution in [0.4, 0.5) is 0 Å². The summed E-state index contributed by atoms with van der Waals surface area (Å²) in [5.41, 5.74) is 2.31. The van der Waals surface area contributed by atoms with Gasteiger partial charge in [-0.05, 0) is 45.4 Å². The van der Waals surface area contributed by atoms with Gasteiger partial charge in [-0.25, -0.2) is 4.98 Å². The Balaban J connectivity index is 2.07. The van der Waals surface area contributed by atoms with Crippen LogP contribution in [0.5, 0.6) is 0 Å². The van der Waals surface area contributed by atoms with E-state index < -0.39 is 0 Å². The summed E-state index contributed by atoms with van der Waals surface area (Å²) in [6.07, 6.45) is 6.80. The van der Waals surface area contributed by atoms with Crippen LogP contribution < -0.4 is 0 Å². The molecule has 3 nitrogen and oxygen atoms in total. The van der Waals surface area contributed by atoms with Gasteiger partial charge in [0.05, 0.1) is 0 Å². The molecule has 1 atom stereocenters. The van der Waals surface area contributed by atoms with E-state index in [0.29, 0.717) is 0 Å². The topological polar surface area (TPSA) is 37.9 Å². The zero-order valence-corrected chi connectivity index (χ0v) is 11.0. The number of nitrogens with zero attached hydrogens (tertiary/aromatic N) is 1. The van der Waals surface area contributed by atoms with Crippen LogP contribution in [0, 0.1) is 4.64 Å². The molecule has 1 unspecified atom stereocenters. The third kappa shape index (κ3) is 1.93. The average molecular weight is 250 g/mol. The van der Waals surface area contributed by atoms with Crippen molar-refractivity contribution in [3.05, 3.63) is 21.7 Å². The van der Waals surface area contributed by atoms with Crippen LogP contribution in [-0.4, -0.2) is 16.6 Å². The zero-order chi connectivity index (χ0) is 11.9. The van der Waals surface area contributed by atoms with E-state index in [9.17, 15) is 0 Å². The first-order valence-corrected chi connectivity index (χ1v) is 6.86. The van der Waals surface area contributed by atoms with E-state index in [1.54, 1.807) is 0 Å². The van der Waals surface area contributed by atoms with Gasteiger partial charge in [0, 0.05) is 17.9 Å². The van der Waals surface area contributed by atoms with Gasteiger partial charge in [-0.3, -0.25) is 0 Å². The fourth-order valence-electron chi connectivity index (χ4n) is 2.84. The highest BCUT2D eigenvalue weighted by Gasteiger charge is 2.34. The number of aryl methyl sites for hydroxylation is 1. The minimum atomic E-state index is -0.250. The number of ether oxygens (including phenoxy) is 1. The predicted octanol–water partition coefficient (Wildman–Crippen LogP) is 3.04. The van der Waals surface area contributed by atoms with Crippen LogP contribution >= 0.6 is 12.2 Å². The lowest BCUT2D eigenvalue weighted by Gasteiger charge is -2.25. The first-order valence-electron chi connectivity index (χ1n) is 6.45. The Hall–Kier alpha value is -0.740. The number of nitrogens with one attached hydrogen (secondary N) is 1. The smallest absolute Gasteiger partial charge is 0.140 e. The molecule has 1 aliphatic carbocycles. The quantitative estimate of drug-likeness (QED) is 0.778. The van der Waals surface area contributed by atoms with Gasteiger partial charge in [0.15, 0.2) is 0 Å². The maximum atomic E-state index is 5.83. The summed E-state index contributed by atoms with van der Waals surface area (Å²) in [6.45, 7) is 2.94. The second-order valence-electron chi connectivity index (χ2n) is 5.24. The number of hydrogen-bond donors (Lipinski definition) is 1. The Bertz CT molecular complexity index is 489. The highest BCUT2D eigenvalue weighted by Crippen LogP contribution is 2.34. The van der Waals surface area contributed by atoms with Gasteiger partial charge in [0.25, 0.3) is 0 Å². The van der Waals surface area contributed by atoms with Crippen molar-refractivity contribution in [2.24, 2.45) is 0 Å². The van der Waals surface area contributed by atoms with Gasteiger partial charge >= 0.3 is 0 Å². The molecular weight excluding hydrogens is 232 g/mol. The average Bonchev–Trinajstić information content (AvgIpc) is 2.78. The fraction of sp³-hybridized carbons (Fsp3) is 0.692. The molecule has 4 heteroatoms. The number of aromatic nitrogens is 2. The summed E-state index contributed by atoms with van der Waals surface area (Å²) in [7, 11) is 0. The molecule has 92 valence electrons. The molecule has 1 aliphatic heterocycles. The largest absolute Gasteiger partial charge is 0.367 e. The molecule has 1 N–H and O–H groups in total. The molecule has 0 spiro atoms. The SMILES string of the molecule is CC1(c2nc(=S)c3c([nH]2)CCCC3)CCCO1. The second kappa shape index (κ2) is 4.18. The van der Waals surface area contributed by atoms with Crippen LogP contribution in [-0.2, 0) is 23.2 Å². The van der Waals surface area contributed by atoms with E-state index in [0.717, 1.165) is 42.8 Å². The monoisotopic (exact) mass is 250 g/mol. The summed E-state index contributed by atoms with van der Waals surface area (Å²) in [5.74, 6) is 0.931. The van der Waals surface area contributed by atoms with E-state index in [-0.39, 0.29) is 5.60 Å². The normalized spacial score (nSPS) is 28.1. The van der Waals surface area contributed by atoms with E-state index in [4.69, 9.17) is 17.0 Å². The van der Waals surface area contributed by atoms with Gasteiger partial charge < -0.3 is 9.72 Å². The Morgan fingerprint density at radius 2 is 2.12 bits per heavy atom. The fourth-order valence-corrected chi connectivity index (χ4v) is 3.15. The van der Waals surface area contributed by atoms with Crippen LogP contribution in [0.25, 0.3) is 0 Å². The van der Waals surface area contributed by atoms with Crippen molar-refractivity contribution in [1.82, 2.24) is 9.97 Å². The molecule has 0 bridgehead atoms. The Morgan fingerprint density at radius 3 is 2.88 bits per heavy atom. The van der Waals surface area contributed by atoms with Gasteiger partial charge in [-0.1, -0.05) is 12.2 Å². The van der Waals surface area contributed by atoms with Gasteiger partial charge in [0.1, 0.15) is 16.1 Å². The third-order valence-corrected chi connectivity index (χ3v) is 4.27. The van der Waals surface area contributed by atoms with E-state index in [1.807, 2.05) is 0 Å². The molecule has 1 aromatic rings. The highest BCUT2D eigenvalue weighted by molar-refractivity contribution is 7.71. The minimum absolute atomic E-state index is 0.250. The Kier molecular flexibility index (Phi) is 2.79. The molecule has 0 radical (unpaired) electrons. The van der Waals surface area contributed by atoms with Crippen LogP contribution in [0.1, 0.15) is 49.7 Å². The molecule has 3 rings (SSSR count). The molecule has 1 aromatic heterocycles. The molecule has 17 heavy (non-hydrogen) atoms. The Morgan fingerprint density at radius 1 is 1.29 bits per heavy atom. The minimum Gasteiger partial charge on any atom is -0.367 e. The first-order chi connectivity index (χ1) is 8.19. The molecule has 0 aromatic carbocycles. The third-order valence-electron chi connectivity index (χ3n) is 3.93.